The highest BCUT2D eigenvalue weighted by Gasteiger charge is 2.32. The molecule has 0 fully saturated rings. The quantitative estimate of drug-likeness (QED) is 0.776. The number of aliphatic imine (C=N–C) groups is 1. The van der Waals surface area contributed by atoms with Crippen molar-refractivity contribution < 1.29 is 14.6 Å². The molecule has 0 aromatic heterocycles. The molecule has 0 bridgehead atoms. The number of rotatable bonds is 3. The van der Waals surface area contributed by atoms with Gasteiger partial charge in [-0.25, -0.2) is 9.79 Å². The number of aliphatic hydroxyl groups is 1. The average Bonchev–Trinajstić information content (AvgIpc) is 2.47. The normalized spacial score (nSPS) is 18.4. The van der Waals surface area contributed by atoms with Crippen molar-refractivity contribution in [2.75, 3.05) is 14.2 Å². The number of nitrogens with two attached hydrogens (primary N) is 1. The van der Waals surface area contributed by atoms with Crippen molar-refractivity contribution in [2.45, 2.75) is 12.6 Å². The Kier molecular flexibility index (Phi) is 4.05. The number of likely N-dealkylation sites (N-methyl/N-ethyl adjacent to an activating group) is 1. The van der Waals surface area contributed by atoms with E-state index in [1.807, 2.05) is 24.3 Å². The summed E-state index contributed by atoms with van der Waals surface area (Å²) in [5.41, 5.74) is 8.14. The van der Waals surface area contributed by atoms with Crippen LogP contribution >= 0.6 is 0 Å². The van der Waals surface area contributed by atoms with Gasteiger partial charge >= 0.3 is 5.97 Å². The van der Waals surface area contributed by atoms with Gasteiger partial charge in [0.15, 0.2) is 6.04 Å². The summed E-state index contributed by atoms with van der Waals surface area (Å²) in [6.45, 7) is -0.0450. The van der Waals surface area contributed by atoms with Crippen molar-refractivity contribution in [2.24, 2.45) is 10.7 Å². The number of carbonyl (C=O) groups is 1. The minimum Gasteiger partial charge on any atom is -0.467 e. The number of methoxy groups -OCH3 is 1. The van der Waals surface area contributed by atoms with Crippen LogP contribution in [-0.4, -0.2) is 42.0 Å². The summed E-state index contributed by atoms with van der Waals surface area (Å²) in [6.07, 6.45) is 1.60. The molecule has 6 heteroatoms. The third-order valence-electron chi connectivity index (χ3n) is 3.21. The van der Waals surface area contributed by atoms with Gasteiger partial charge in [-0.2, -0.15) is 0 Å². The molecule has 0 saturated carbocycles. The molecule has 1 atom stereocenters. The minimum atomic E-state index is -0.738. The summed E-state index contributed by atoms with van der Waals surface area (Å²) < 4.78 is 4.75. The third kappa shape index (κ3) is 2.50. The van der Waals surface area contributed by atoms with Crippen molar-refractivity contribution in [1.29, 1.82) is 0 Å². The Hall–Kier alpha value is -2.34. The molecule has 6 nitrogen and oxygen atoms in total. The molecule has 0 aliphatic carbocycles. The molecule has 106 valence electrons. The van der Waals surface area contributed by atoms with Crippen LogP contribution < -0.4 is 5.73 Å². The van der Waals surface area contributed by atoms with E-state index >= 15 is 0 Å². The van der Waals surface area contributed by atoms with Crippen LogP contribution in [0.15, 0.2) is 35.5 Å². The maximum Gasteiger partial charge on any atom is 0.336 e. The van der Waals surface area contributed by atoms with E-state index in [1.54, 1.807) is 18.1 Å². The summed E-state index contributed by atoms with van der Waals surface area (Å²) in [7, 11) is 3.06. The topological polar surface area (TPSA) is 88.2 Å². The highest BCUT2D eigenvalue weighted by atomic mass is 16.5. The van der Waals surface area contributed by atoms with Gasteiger partial charge in [0.25, 0.3) is 0 Å². The van der Waals surface area contributed by atoms with Gasteiger partial charge in [-0.15, -0.1) is 0 Å². The SMILES string of the molecule is COC(=O)C1C(N)=NC=C(c2cccc(CO)c2)N1C. The third-order valence-corrected chi connectivity index (χ3v) is 3.21. The fourth-order valence-corrected chi connectivity index (χ4v) is 2.13. The first kappa shape index (κ1) is 14.1. The molecule has 3 N–H and O–H groups in total. The van der Waals surface area contributed by atoms with Crippen LogP contribution in [0.5, 0.6) is 0 Å². The number of carbonyl (C=O) groups excluding carboxylic acids is 1. The van der Waals surface area contributed by atoms with E-state index in [0.29, 0.717) is 0 Å². The number of hydrogen-bond donors (Lipinski definition) is 2. The van der Waals surface area contributed by atoms with E-state index in [4.69, 9.17) is 10.5 Å². The number of nitrogens with zero attached hydrogens (tertiary/aromatic N) is 2. The van der Waals surface area contributed by atoms with Crippen LogP contribution in [0.2, 0.25) is 0 Å². The largest absolute Gasteiger partial charge is 0.467 e. The summed E-state index contributed by atoms with van der Waals surface area (Å²) >= 11 is 0. The van der Waals surface area contributed by atoms with Crippen LogP contribution in [0.4, 0.5) is 0 Å². The first-order valence-corrected chi connectivity index (χ1v) is 6.12. The molecule has 0 spiro atoms. The van der Waals surface area contributed by atoms with Crippen LogP contribution in [0, 0.1) is 0 Å². The number of benzene rings is 1. The Labute approximate surface area is 117 Å². The molecular formula is C14H17N3O3. The number of ether oxygens (including phenoxy) is 1. The summed E-state index contributed by atoms with van der Waals surface area (Å²) in [4.78, 5) is 17.6. The predicted octanol–water partition coefficient (Wildman–Crippen LogP) is 0.321. The maximum atomic E-state index is 11.8. The van der Waals surface area contributed by atoms with Crippen LogP contribution in [0.25, 0.3) is 5.70 Å². The number of amidine groups is 1. The van der Waals surface area contributed by atoms with E-state index in [9.17, 15) is 9.90 Å². The van der Waals surface area contributed by atoms with Crippen molar-refractivity contribution >= 4 is 17.5 Å². The first-order chi connectivity index (χ1) is 9.58. The summed E-state index contributed by atoms with van der Waals surface area (Å²) in [5.74, 6) is -0.265. The van der Waals surface area contributed by atoms with Gasteiger partial charge in [0.2, 0.25) is 0 Å². The molecule has 1 heterocycles. The lowest BCUT2D eigenvalue weighted by molar-refractivity contribution is -0.143. The number of esters is 1. The lowest BCUT2D eigenvalue weighted by Crippen LogP contribution is -2.49. The minimum absolute atomic E-state index is 0.0450. The molecule has 2 rings (SSSR count). The maximum absolute atomic E-state index is 11.8. The highest BCUT2D eigenvalue weighted by Crippen LogP contribution is 2.24. The highest BCUT2D eigenvalue weighted by molar-refractivity contribution is 6.06. The molecule has 1 unspecified atom stereocenters. The van der Waals surface area contributed by atoms with E-state index < -0.39 is 12.0 Å². The van der Waals surface area contributed by atoms with Gasteiger partial charge in [0.1, 0.15) is 5.84 Å². The van der Waals surface area contributed by atoms with Crippen molar-refractivity contribution in [1.82, 2.24) is 4.90 Å². The Morgan fingerprint density at radius 3 is 2.95 bits per heavy atom. The zero-order chi connectivity index (χ0) is 14.7. The van der Waals surface area contributed by atoms with Crippen LogP contribution in [0.3, 0.4) is 0 Å². The van der Waals surface area contributed by atoms with E-state index in [1.165, 1.54) is 7.11 Å². The van der Waals surface area contributed by atoms with Gasteiger partial charge in [0, 0.05) is 7.05 Å². The fourth-order valence-electron chi connectivity index (χ4n) is 2.13. The molecule has 1 aromatic rings. The van der Waals surface area contributed by atoms with Crippen molar-refractivity contribution in [3.8, 4) is 0 Å². The average molecular weight is 275 g/mol. The smallest absolute Gasteiger partial charge is 0.336 e. The Bertz CT molecular complexity index is 581. The summed E-state index contributed by atoms with van der Waals surface area (Å²) in [5, 5.41) is 9.19. The Morgan fingerprint density at radius 1 is 1.55 bits per heavy atom. The molecule has 20 heavy (non-hydrogen) atoms. The molecule has 0 radical (unpaired) electrons. The molecule has 1 aliphatic heterocycles. The standard InChI is InChI=1S/C14H17N3O3/c1-17-11(10-5-3-4-9(6-10)8-18)7-16-13(15)12(17)14(19)20-2/h3-7,12,18H,8H2,1-2H3,(H2,15,16). The fraction of sp³-hybridized carbons (Fsp3) is 0.286. The summed E-state index contributed by atoms with van der Waals surface area (Å²) in [6, 6.07) is 6.64. The zero-order valence-electron chi connectivity index (χ0n) is 11.4. The van der Waals surface area contributed by atoms with Gasteiger partial charge in [0.05, 0.1) is 25.6 Å². The van der Waals surface area contributed by atoms with E-state index in [2.05, 4.69) is 4.99 Å². The predicted molar refractivity (Wildman–Crippen MR) is 75.5 cm³/mol. The lowest BCUT2D eigenvalue weighted by Gasteiger charge is -2.32. The Morgan fingerprint density at radius 2 is 2.30 bits per heavy atom. The molecule has 0 saturated heterocycles. The van der Waals surface area contributed by atoms with E-state index in [-0.39, 0.29) is 12.4 Å². The lowest BCUT2D eigenvalue weighted by atomic mass is 10.1. The van der Waals surface area contributed by atoms with Crippen LogP contribution in [0.1, 0.15) is 11.1 Å². The Balaban J connectivity index is 2.39. The second-order valence-corrected chi connectivity index (χ2v) is 4.46. The first-order valence-electron chi connectivity index (χ1n) is 6.12. The zero-order valence-corrected chi connectivity index (χ0v) is 11.4. The number of hydrogen-bond acceptors (Lipinski definition) is 6. The molecule has 0 amide bonds. The van der Waals surface area contributed by atoms with Crippen molar-refractivity contribution in [3.63, 3.8) is 0 Å². The van der Waals surface area contributed by atoms with E-state index in [0.717, 1.165) is 16.8 Å². The van der Waals surface area contributed by atoms with Gasteiger partial charge < -0.3 is 20.5 Å². The molecule has 1 aromatic carbocycles. The van der Waals surface area contributed by atoms with Crippen LogP contribution in [-0.2, 0) is 16.1 Å². The second-order valence-electron chi connectivity index (χ2n) is 4.46. The van der Waals surface area contributed by atoms with Crippen molar-refractivity contribution in [3.05, 3.63) is 41.6 Å². The van der Waals surface area contributed by atoms with Gasteiger partial charge in [-0.05, 0) is 17.2 Å². The van der Waals surface area contributed by atoms with Gasteiger partial charge in [-0.1, -0.05) is 18.2 Å². The molecule has 1 aliphatic rings. The second kappa shape index (κ2) is 5.75. The van der Waals surface area contributed by atoms with Gasteiger partial charge in [-0.3, -0.25) is 0 Å². The monoisotopic (exact) mass is 275 g/mol. The number of aliphatic hydroxyl groups excluding tert-OH is 1. The molecular weight excluding hydrogens is 258 g/mol.